The third-order valence-corrected chi connectivity index (χ3v) is 13.1. The van der Waals surface area contributed by atoms with Crippen LogP contribution in [0.2, 0.25) is 39.3 Å². The van der Waals surface area contributed by atoms with E-state index in [-0.39, 0.29) is 0 Å². The maximum atomic E-state index is 6.45. The van der Waals surface area contributed by atoms with Crippen LogP contribution in [0, 0.1) is 23.7 Å². The zero-order valence-electron chi connectivity index (χ0n) is 30.9. The number of hydrogen-bond donors (Lipinski definition) is 1. The highest BCUT2D eigenvalue weighted by Gasteiger charge is 2.36. The molecule has 3 fully saturated rings. The fraction of sp³-hybridized carbons (Fsp3) is 0.946. The Morgan fingerprint density at radius 3 is 1.16 bits per heavy atom. The van der Waals surface area contributed by atoms with E-state index < -0.39 is 16.6 Å². The molecule has 1 N–H and O–H groups in total. The van der Waals surface area contributed by atoms with Gasteiger partial charge >= 0.3 is 0 Å². The van der Waals surface area contributed by atoms with E-state index in [2.05, 4.69) is 72.3 Å². The molecule has 2 saturated carbocycles. The molecule has 0 aromatic heterocycles. The van der Waals surface area contributed by atoms with Crippen LogP contribution in [0.25, 0.3) is 0 Å². The highest BCUT2D eigenvalue weighted by molar-refractivity contribution is 6.70. The van der Waals surface area contributed by atoms with Gasteiger partial charge in [0, 0.05) is 49.6 Å². The van der Waals surface area contributed by atoms with Crippen molar-refractivity contribution in [1.29, 1.82) is 0 Å². The minimum Gasteiger partial charge on any atom is -0.417 e. The summed E-state index contributed by atoms with van der Waals surface area (Å²) in [6, 6.07) is 1.60. The number of nitrogens with one attached hydrogen (secondary N) is 1. The summed E-state index contributed by atoms with van der Waals surface area (Å²) >= 11 is 0. The smallest absolute Gasteiger partial charge is 0.183 e. The second-order valence-electron chi connectivity index (χ2n) is 16.4. The van der Waals surface area contributed by atoms with Crippen molar-refractivity contribution in [3.05, 3.63) is 0 Å². The van der Waals surface area contributed by atoms with Crippen molar-refractivity contribution in [2.24, 2.45) is 33.7 Å². The molecule has 3 rings (SSSR count). The zero-order valence-corrected chi connectivity index (χ0v) is 32.9. The predicted octanol–water partition coefficient (Wildman–Crippen LogP) is 10.1. The molecule has 1 saturated heterocycles. The van der Waals surface area contributed by atoms with Gasteiger partial charge < -0.3 is 14.2 Å². The normalized spacial score (nSPS) is 33.0. The summed E-state index contributed by atoms with van der Waals surface area (Å²) in [6.45, 7) is 25.0. The van der Waals surface area contributed by atoms with Gasteiger partial charge in [-0.2, -0.15) is 0 Å². The SMILES string of the molecule is CCC1CCCC(CC)C1N=C(CCO[Si](C)(C)C)C1CCCC(C(CCO[Si](C)(C)C)=NC2C(CC)CCCC2CC)N1. The minimum atomic E-state index is -1.58. The second kappa shape index (κ2) is 18.3. The summed E-state index contributed by atoms with van der Waals surface area (Å²) in [5, 5.41) is 4.21. The van der Waals surface area contributed by atoms with Crippen molar-refractivity contribution in [2.45, 2.75) is 187 Å². The first-order valence-electron chi connectivity index (χ1n) is 19.1. The maximum absolute atomic E-state index is 6.45. The molecule has 1 heterocycles. The Bertz CT molecular complexity index is 802. The van der Waals surface area contributed by atoms with E-state index in [9.17, 15) is 0 Å². The Labute approximate surface area is 275 Å². The molecule has 0 amide bonds. The van der Waals surface area contributed by atoms with E-state index in [4.69, 9.17) is 18.8 Å². The summed E-state index contributed by atoms with van der Waals surface area (Å²) in [6.07, 6.45) is 18.6. The summed E-state index contributed by atoms with van der Waals surface area (Å²) < 4.78 is 12.9. The fourth-order valence-corrected chi connectivity index (χ4v) is 9.80. The molecule has 7 heteroatoms. The van der Waals surface area contributed by atoms with Gasteiger partial charge in [-0.15, -0.1) is 0 Å². The van der Waals surface area contributed by atoms with Crippen molar-refractivity contribution in [2.75, 3.05) is 13.2 Å². The van der Waals surface area contributed by atoms with Crippen LogP contribution in [-0.2, 0) is 8.85 Å². The van der Waals surface area contributed by atoms with Crippen LogP contribution >= 0.6 is 0 Å². The van der Waals surface area contributed by atoms with Gasteiger partial charge in [0.15, 0.2) is 16.6 Å². The van der Waals surface area contributed by atoms with Crippen molar-refractivity contribution >= 4 is 28.1 Å². The van der Waals surface area contributed by atoms with Crippen LogP contribution in [-0.4, -0.2) is 65.4 Å². The zero-order chi connectivity index (χ0) is 32.3. The molecule has 0 bridgehead atoms. The molecule has 0 aromatic rings. The third-order valence-electron chi connectivity index (χ3n) is 10.9. The molecular weight excluding hydrogens is 575 g/mol. The van der Waals surface area contributed by atoms with Crippen LogP contribution in [0.3, 0.4) is 0 Å². The van der Waals surface area contributed by atoms with E-state index in [1.54, 1.807) is 0 Å². The minimum absolute atomic E-state index is 0.328. The van der Waals surface area contributed by atoms with Crippen LogP contribution in [0.1, 0.15) is 124 Å². The van der Waals surface area contributed by atoms with Gasteiger partial charge in [0.1, 0.15) is 0 Å². The molecule has 44 heavy (non-hydrogen) atoms. The fourth-order valence-electron chi connectivity index (χ4n) is 8.37. The lowest BCUT2D eigenvalue weighted by molar-refractivity contribution is 0.210. The van der Waals surface area contributed by atoms with E-state index in [0.29, 0.717) is 24.2 Å². The molecular formula is C37H73N3O2Si2. The first-order chi connectivity index (χ1) is 20.9. The van der Waals surface area contributed by atoms with Crippen molar-refractivity contribution < 1.29 is 8.85 Å². The maximum Gasteiger partial charge on any atom is 0.183 e. The largest absolute Gasteiger partial charge is 0.417 e. The number of hydrogen-bond acceptors (Lipinski definition) is 5. The monoisotopic (exact) mass is 648 g/mol. The predicted molar refractivity (Wildman–Crippen MR) is 198 cm³/mol. The lowest BCUT2D eigenvalue weighted by atomic mass is 9.74. The first kappa shape index (κ1) is 38.1. The number of rotatable bonds is 16. The molecule has 0 aromatic carbocycles. The van der Waals surface area contributed by atoms with E-state index >= 15 is 0 Å². The molecule has 6 atom stereocenters. The molecule has 5 nitrogen and oxygen atoms in total. The van der Waals surface area contributed by atoms with E-state index in [1.807, 2.05) is 0 Å². The van der Waals surface area contributed by atoms with Gasteiger partial charge in [0.25, 0.3) is 0 Å². The number of piperidine rings is 1. The highest BCUT2D eigenvalue weighted by Crippen LogP contribution is 2.38. The lowest BCUT2D eigenvalue weighted by Crippen LogP contribution is -2.52. The Balaban J connectivity index is 1.92. The van der Waals surface area contributed by atoms with Gasteiger partial charge in [0.05, 0.1) is 12.1 Å². The molecule has 0 spiro atoms. The lowest BCUT2D eigenvalue weighted by Gasteiger charge is -2.39. The average Bonchev–Trinajstić information content (AvgIpc) is 2.98. The molecule has 3 aliphatic rings. The standard InChI is InChI=1S/C37H73N3O2Si2/c1-11-28-18-15-19-29(12-2)36(28)39-34(24-26-41-43(5,6)7)32-22-17-23-33(38-32)35(25-27-42-44(8,9)10)40-37-30(13-3)20-16-21-31(37)14-4/h28-33,36-38H,11-27H2,1-10H3. The quantitative estimate of drug-likeness (QED) is 0.134. The highest BCUT2D eigenvalue weighted by atomic mass is 28.4. The Morgan fingerprint density at radius 1 is 0.545 bits per heavy atom. The van der Waals surface area contributed by atoms with E-state index in [0.717, 1.165) is 49.7 Å². The van der Waals surface area contributed by atoms with Crippen LogP contribution in [0.4, 0.5) is 0 Å². The van der Waals surface area contributed by atoms with Gasteiger partial charge in [-0.1, -0.05) is 66.2 Å². The number of aliphatic imine (C=N–C) groups is 2. The Morgan fingerprint density at radius 2 is 0.864 bits per heavy atom. The summed E-state index contributed by atoms with van der Waals surface area (Å²) in [5.74, 6) is 2.89. The first-order valence-corrected chi connectivity index (χ1v) is 25.9. The van der Waals surface area contributed by atoms with Gasteiger partial charge in [-0.05, 0) is 108 Å². The number of nitrogens with zero attached hydrogens (tertiary/aromatic N) is 2. The summed E-state index contributed by atoms with van der Waals surface area (Å²) in [4.78, 5) is 11.5. The molecule has 0 radical (unpaired) electrons. The van der Waals surface area contributed by atoms with Gasteiger partial charge in [-0.25, -0.2) is 0 Å². The summed E-state index contributed by atoms with van der Waals surface area (Å²) in [5.41, 5.74) is 2.79. The van der Waals surface area contributed by atoms with Crippen LogP contribution < -0.4 is 5.32 Å². The Kier molecular flexibility index (Phi) is 15.8. The summed E-state index contributed by atoms with van der Waals surface area (Å²) in [7, 11) is -3.16. The van der Waals surface area contributed by atoms with Crippen LogP contribution in [0.15, 0.2) is 9.98 Å². The average molecular weight is 648 g/mol. The van der Waals surface area contributed by atoms with Gasteiger partial charge in [0.2, 0.25) is 0 Å². The molecule has 6 unspecified atom stereocenters. The Hall–Kier alpha value is -0.346. The molecule has 1 aliphatic heterocycles. The van der Waals surface area contributed by atoms with Crippen molar-refractivity contribution in [1.82, 2.24) is 5.32 Å². The third kappa shape index (κ3) is 12.0. The molecule has 2 aliphatic carbocycles. The second-order valence-corrected chi connectivity index (χ2v) is 25.4. The van der Waals surface area contributed by atoms with E-state index in [1.165, 1.54) is 94.9 Å². The molecule has 256 valence electrons. The topological polar surface area (TPSA) is 55.2 Å². The van der Waals surface area contributed by atoms with Crippen LogP contribution in [0.5, 0.6) is 0 Å². The van der Waals surface area contributed by atoms with Crippen molar-refractivity contribution in [3.63, 3.8) is 0 Å². The van der Waals surface area contributed by atoms with Crippen molar-refractivity contribution in [3.8, 4) is 0 Å². The van der Waals surface area contributed by atoms with Gasteiger partial charge in [-0.3, -0.25) is 9.98 Å².